The van der Waals surface area contributed by atoms with Gasteiger partial charge in [-0.3, -0.25) is 0 Å². The van der Waals surface area contributed by atoms with Gasteiger partial charge < -0.3 is 5.11 Å². The Balaban J connectivity index is 1.60. The fourth-order valence-electron chi connectivity index (χ4n) is 4.65. The minimum atomic E-state index is 0.187. The van der Waals surface area contributed by atoms with Crippen molar-refractivity contribution in [3.8, 4) is 0 Å². The molecule has 96 valence electrons. The van der Waals surface area contributed by atoms with Crippen LogP contribution in [-0.2, 0) is 0 Å². The van der Waals surface area contributed by atoms with Crippen molar-refractivity contribution >= 4 is 11.8 Å². The van der Waals surface area contributed by atoms with Crippen molar-refractivity contribution in [2.24, 2.45) is 23.7 Å². The van der Waals surface area contributed by atoms with Crippen molar-refractivity contribution in [3.05, 3.63) is 12.2 Å². The Morgan fingerprint density at radius 2 is 2.06 bits per heavy atom. The molecular weight excluding hydrogens is 228 g/mol. The molecule has 3 saturated carbocycles. The Hall–Kier alpha value is 0.0500. The standard InChI is InChI=1S/C15H24OS/c1-15(17-5-3-2-4-16)9-11-6-12-8-13(10-15)14(12)7-11/h2-3,11-14,16H,4-10H2,1H3/b3-2+. The molecule has 1 nitrogen and oxygen atoms in total. The van der Waals surface area contributed by atoms with Crippen LogP contribution in [0, 0.1) is 23.7 Å². The fraction of sp³-hybridized carbons (Fsp3) is 0.867. The maximum absolute atomic E-state index is 8.75. The van der Waals surface area contributed by atoms with Crippen molar-refractivity contribution in [3.63, 3.8) is 0 Å². The van der Waals surface area contributed by atoms with Gasteiger partial charge in [0.2, 0.25) is 0 Å². The molecule has 0 aromatic heterocycles. The van der Waals surface area contributed by atoms with Crippen LogP contribution in [0.4, 0.5) is 0 Å². The third-order valence-corrected chi connectivity index (χ3v) is 6.66. The van der Waals surface area contributed by atoms with Crippen LogP contribution in [0.2, 0.25) is 0 Å². The van der Waals surface area contributed by atoms with Crippen molar-refractivity contribution in [1.82, 2.24) is 0 Å². The second-order valence-corrected chi connectivity index (χ2v) is 8.19. The van der Waals surface area contributed by atoms with Gasteiger partial charge in [-0.25, -0.2) is 0 Å². The number of rotatable bonds is 4. The summed E-state index contributed by atoms with van der Waals surface area (Å²) in [4.78, 5) is 0. The molecule has 0 saturated heterocycles. The Labute approximate surface area is 109 Å². The molecule has 17 heavy (non-hydrogen) atoms. The van der Waals surface area contributed by atoms with Crippen LogP contribution in [0.1, 0.15) is 39.0 Å². The van der Waals surface area contributed by atoms with Crippen molar-refractivity contribution in [2.45, 2.75) is 43.8 Å². The summed E-state index contributed by atoms with van der Waals surface area (Å²) >= 11 is 2.12. The molecule has 3 rings (SSSR count). The second-order valence-electron chi connectivity index (χ2n) is 6.58. The third-order valence-electron chi connectivity index (χ3n) is 5.27. The zero-order valence-electron chi connectivity index (χ0n) is 10.8. The molecule has 2 heteroatoms. The smallest absolute Gasteiger partial charge is 0.0612 e. The largest absolute Gasteiger partial charge is 0.392 e. The zero-order valence-corrected chi connectivity index (χ0v) is 11.6. The van der Waals surface area contributed by atoms with Gasteiger partial charge in [0.15, 0.2) is 0 Å². The van der Waals surface area contributed by atoms with Gasteiger partial charge >= 0.3 is 0 Å². The number of hydrogen-bond acceptors (Lipinski definition) is 2. The van der Waals surface area contributed by atoms with E-state index in [-0.39, 0.29) is 6.61 Å². The molecule has 2 bridgehead atoms. The highest BCUT2D eigenvalue weighted by Crippen LogP contribution is 2.62. The number of fused-ring (bicyclic) bond motifs is 1. The molecule has 0 amide bonds. The average molecular weight is 252 g/mol. The van der Waals surface area contributed by atoms with E-state index in [2.05, 4.69) is 24.8 Å². The normalized spacial score (nSPS) is 48.1. The van der Waals surface area contributed by atoms with Crippen LogP contribution in [0.3, 0.4) is 0 Å². The van der Waals surface area contributed by atoms with E-state index in [1.54, 1.807) is 0 Å². The first kappa shape index (κ1) is 12.1. The fourth-order valence-corrected chi connectivity index (χ4v) is 5.97. The van der Waals surface area contributed by atoms with Crippen LogP contribution in [0.15, 0.2) is 12.2 Å². The number of aliphatic hydroxyl groups excluding tert-OH is 1. The third kappa shape index (κ3) is 2.31. The van der Waals surface area contributed by atoms with Crippen LogP contribution >= 0.6 is 11.8 Å². The van der Waals surface area contributed by atoms with E-state index < -0.39 is 0 Å². The molecule has 0 aliphatic heterocycles. The Morgan fingerprint density at radius 3 is 2.88 bits per heavy atom. The van der Waals surface area contributed by atoms with Crippen molar-refractivity contribution < 1.29 is 5.11 Å². The molecule has 0 radical (unpaired) electrons. The summed E-state index contributed by atoms with van der Waals surface area (Å²) in [7, 11) is 0. The molecule has 3 aliphatic rings. The van der Waals surface area contributed by atoms with Crippen LogP contribution in [0.5, 0.6) is 0 Å². The molecule has 5 atom stereocenters. The summed E-state index contributed by atoms with van der Waals surface area (Å²) in [5.41, 5.74) is 0. The summed E-state index contributed by atoms with van der Waals surface area (Å²) < 4.78 is 0.509. The highest BCUT2D eigenvalue weighted by molar-refractivity contribution is 8.00. The average Bonchev–Trinajstić information content (AvgIpc) is 2.52. The molecular formula is C15H24OS. The van der Waals surface area contributed by atoms with E-state index in [0.29, 0.717) is 4.75 Å². The van der Waals surface area contributed by atoms with E-state index in [4.69, 9.17) is 5.11 Å². The predicted octanol–water partition coefficient (Wildman–Crippen LogP) is 3.48. The molecule has 3 aliphatic carbocycles. The highest BCUT2D eigenvalue weighted by Gasteiger charge is 2.53. The first-order valence-corrected chi connectivity index (χ1v) is 8.08. The van der Waals surface area contributed by atoms with Crippen LogP contribution in [-0.4, -0.2) is 22.2 Å². The molecule has 0 aromatic rings. The van der Waals surface area contributed by atoms with E-state index in [0.717, 1.165) is 29.4 Å². The van der Waals surface area contributed by atoms with Crippen LogP contribution < -0.4 is 0 Å². The Kier molecular flexibility index (Phi) is 3.29. The van der Waals surface area contributed by atoms with Crippen molar-refractivity contribution in [2.75, 3.05) is 12.4 Å². The molecule has 1 N–H and O–H groups in total. The summed E-state index contributed by atoms with van der Waals surface area (Å²) in [5, 5.41) is 8.75. The lowest BCUT2D eigenvalue weighted by atomic mass is 9.63. The van der Waals surface area contributed by atoms with Gasteiger partial charge in [-0.2, -0.15) is 11.8 Å². The maximum atomic E-state index is 8.75. The van der Waals surface area contributed by atoms with E-state index in [1.165, 1.54) is 32.1 Å². The number of aliphatic hydroxyl groups is 1. The lowest BCUT2D eigenvalue weighted by Gasteiger charge is -2.45. The van der Waals surface area contributed by atoms with Gasteiger partial charge in [-0.15, -0.1) is 0 Å². The lowest BCUT2D eigenvalue weighted by molar-refractivity contribution is 0.0847. The van der Waals surface area contributed by atoms with E-state index in [1.807, 2.05) is 6.08 Å². The van der Waals surface area contributed by atoms with E-state index >= 15 is 0 Å². The van der Waals surface area contributed by atoms with Gasteiger partial charge in [-0.1, -0.05) is 19.1 Å². The zero-order chi connectivity index (χ0) is 11.9. The van der Waals surface area contributed by atoms with E-state index in [9.17, 15) is 0 Å². The summed E-state index contributed by atoms with van der Waals surface area (Å²) in [5.74, 6) is 5.37. The molecule has 5 unspecified atom stereocenters. The highest BCUT2D eigenvalue weighted by atomic mass is 32.2. The summed E-state index contributed by atoms with van der Waals surface area (Å²) in [6.07, 6.45) is 11.5. The Bertz CT molecular complexity index is 308. The maximum Gasteiger partial charge on any atom is 0.0612 e. The van der Waals surface area contributed by atoms with Gasteiger partial charge in [0.05, 0.1) is 6.61 Å². The van der Waals surface area contributed by atoms with Crippen molar-refractivity contribution in [1.29, 1.82) is 0 Å². The minimum absolute atomic E-state index is 0.187. The number of thioether (sulfide) groups is 1. The summed E-state index contributed by atoms with van der Waals surface area (Å²) in [6, 6.07) is 0. The molecule has 3 fully saturated rings. The Morgan fingerprint density at radius 1 is 1.18 bits per heavy atom. The minimum Gasteiger partial charge on any atom is -0.392 e. The quantitative estimate of drug-likeness (QED) is 0.773. The first-order chi connectivity index (χ1) is 8.20. The summed E-state index contributed by atoms with van der Waals surface area (Å²) in [6.45, 7) is 2.67. The topological polar surface area (TPSA) is 20.2 Å². The van der Waals surface area contributed by atoms with Gasteiger partial charge in [0, 0.05) is 10.5 Å². The molecule has 0 heterocycles. The van der Waals surface area contributed by atoms with Crippen LogP contribution in [0.25, 0.3) is 0 Å². The SMILES string of the molecule is CC1(SC/C=C/CO)CC2CC3CC(C1)C3C2. The number of hydrogen-bond donors (Lipinski definition) is 1. The van der Waals surface area contributed by atoms with Gasteiger partial charge in [0.25, 0.3) is 0 Å². The van der Waals surface area contributed by atoms with Gasteiger partial charge in [0.1, 0.15) is 0 Å². The monoisotopic (exact) mass is 252 g/mol. The first-order valence-electron chi connectivity index (χ1n) is 7.10. The van der Waals surface area contributed by atoms with Gasteiger partial charge in [-0.05, 0) is 55.8 Å². The second kappa shape index (κ2) is 4.62. The predicted molar refractivity (Wildman–Crippen MR) is 74.1 cm³/mol. The molecule has 0 spiro atoms. The lowest BCUT2D eigenvalue weighted by Crippen LogP contribution is -2.38. The molecule has 0 aromatic carbocycles.